The molecule has 0 atom stereocenters. The summed E-state index contributed by atoms with van der Waals surface area (Å²) in [6, 6.07) is 22.4. The lowest BCUT2D eigenvalue weighted by Gasteiger charge is -2.12. The van der Waals surface area contributed by atoms with Crippen molar-refractivity contribution in [2.75, 3.05) is 10.6 Å². The van der Waals surface area contributed by atoms with Crippen molar-refractivity contribution in [1.29, 1.82) is 0 Å². The summed E-state index contributed by atoms with van der Waals surface area (Å²) < 4.78 is 0. The molecule has 6 heteroatoms. The molecular formula is C30H20N2O4. The van der Waals surface area contributed by atoms with Gasteiger partial charge in [0.05, 0.1) is 11.4 Å². The maximum atomic E-state index is 12.6. The van der Waals surface area contributed by atoms with Gasteiger partial charge in [0.15, 0.2) is 0 Å². The van der Waals surface area contributed by atoms with Crippen LogP contribution in [0, 0.1) is 24.7 Å². The van der Waals surface area contributed by atoms with E-state index in [4.69, 9.17) is 12.8 Å². The topological polar surface area (TPSA) is 98.7 Å². The number of amides is 2. The highest BCUT2D eigenvalue weighted by Crippen LogP contribution is 2.34. The van der Waals surface area contributed by atoms with Crippen LogP contribution in [0.1, 0.15) is 31.8 Å². The van der Waals surface area contributed by atoms with Gasteiger partial charge in [-0.15, -0.1) is 12.8 Å². The van der Waals surface area contributed by atoms with E-state index in [1.165, 1.54) is 12.1 Å². The largest absolute Gasteiger partial charge is 0.506 e. The molecule has 0 fully saturated rings. The van der Waals surface area contributed by atoms with Gasteiger partial charge in [-0.3, -0.25) is 9.59 Å². The first kappa shape index (κ1) is 23.7. The van der Waals surface area contributed by atoms with Crippen molar-refractivity contribution in [3.8, 4) is 47.3 Å². The number of hydrogen-bond acceptors (Lipinski definition) is 4. The second-order valence-electron chi connectivity index (χ2n) is 7.82. The molecule has 6 nitrogen and oxygen atoms in total. The van der Waals surface area contributed by atoms with Crippen LogP contribution in [0.4, 0.5) is 11.4 Å². The van der Waals surface area contributed by atoms with Crippen LogP contribution < -0.4 is 10.6 Å². The predicted molar refractivity (Wildman–Crippen MR) is 140 cm³/mol. The number of benzene rings is 4. The fourth-order valence-electron chi connectivity index (χ4n) is 3.46. The molecule has 0 aliphatic heterocycles. The quantitative estimate of drug-likeness (QED) is 0.236. The number of aromatic hydroxyl groups is 2. The normalized spacial score (nSPS) is 10.1. The van der Waals surface area contributed by atoms with Gasteiger partial charge < -0.3 is 20.8 Å². The van der Waals surface area contributed by atoms with Crippen LogP contribution in [0.25, 0.3) is 11.1 Å². The Kier molecular flexibility index (Phi) is 6.72. The van der Waals surface area contributed by atoms with E-state index in [1.54, 1.807) is 72.8 Å². The SMILES string of the molecule is C#Cc1ccc(C(=O)Nc2cc(-c3ccc(O)c(NC(=O)c4ccc(C#C)cc4)c3)ccc2O)cc1. The lowest BCUT2D eigenvalue weighted by molar-refractivity contribution is 0.101. The minimum Gasteiger partial charge on any atom is -0.506 e. The number of phenols is 2. The molecule has 0 heterocycles. The van der Waals surface area contributed by atoms with Crippen LogP contribution in [0.15, 0.2) is 84.9 Å². The number of carbonyl (C=O) groups is 2. The highest BCUT2D eigenvalue weighted by atomic mass is 16.3. The number of rotatable bonds is 5. The molecule has 0 aliphatic rings. The third-order valence-electron chi connectivity index (χ3n) is 5.45. The molecule has 0 aromatic heterocycles. The van der Waals surface area contributed by atoms with Crippen molar-refractivity contribution < 1.29 is 19.8 Å². The van der Waals surface area contributed by atoms with Crippen LogP contribution in [0.3, 0.4) is 0 Å². The van der Waals surface area contributed by atoms with Gasteiger partial charge in [0.2, 0.25) is 0 Å². The average molecular weight is 473 g/mol. The molecule has 0 unspecified atom stereocenters. The highest BCUT2D eigenvalue weighted by Gasteiger charge is 2.13. The fraction of sp³-hybridized carbons (Fsp3) is 0. The van der Waals surface area contributed by atoms with E-state index in [9.17, 15) is 19.8 Å². The van der Waals surface area contributed by atoms with Gasteiger partial charge in [-0.1, -0.05) is 24.0 Å². The third-order valence-corrected chi connectivity index (χ3v) is 5.45. The molecule has 0 bridgehead atoms. The smallest absolute Gasteiger partial charge is 0.255 e. The van der Waals surface area contributed by atoms with Gasteiger partial charge in [-0.2, -0.15) is 0 Å². The van der Waals surface area contributed by atoms with Crippen molar-refractivity contribution in [2.24, 2.45) is 0 Å². The third kappa shape index (κ3) is 5.20. The van der Waals surface area contributed by atoms with Crippen molar-refractivity contribution in [3.63, 3.8) is 0 Å². The Morgan fingerprint density at radius 1 is 0.583 bits per heavy atom. The number of nitrogens with one attached hydrogen (secondary N) is 2. The van der Waals surface area contributed by atoms with E-state index in [0.29, 0.717) is 33.4 Å². The second kappa shape index (κ2) is 10.2. The molecule has 2 amide bonds. The van der Waals surface area contributed by atoms with Gasteiger partial charge in [-0.05, 0) is 83.9 Å². The van der Waals surface area contributed by atoms with Crippen molar-refractivity contribution in [3.05, 3.63) is 107 Å². The Morgan fingerprint density at radius 2 is 0.944 bits per heavy atom. The minimum atomic E-state index is -0.416. The van der Waals surface area contributed by atoms with E-state index in [2.05, 4.69) is 22.5 Å². The van der Waals surface area contributed by atoms with Crippen molar-refractivity contribution >= 4 is 23.2 Å². The molecule has 0 saturated heterocycles. The summed E-state index contributed by atoms with van der Waals surface area (Å²) in [5.41, 5.74) is 3.73. The van der Waals surface area contributed by atoms with E-state index >= 15 is 0 Å². The summed E-state index contributed by atoms with van der Waals surface area (Å²) in [5, 5.41) is 26.0. The zero-order valence-corrected chi connectivity index (χ0v) is 18.9. The molecule has 174 valence electrons. The Hall–Kier alpha value is -5.46. The first-order valence-corrected chi connectivity index (χ1v) is 10.8. The van der Waals surface area contributed by atoms with Crippen LogP contribution in [-0.4, -0.2) is 22.0 Å². The minimum absolute atomic E-state index is 0.116. The summed E-state index contributed by atoms with van der Waals surface area (Å²) in [5.74, 6) is 3.91. The van der Waals surface area contributed by atoms with Crippen molar-refractivity contribution in [2.45, 2.75) is 0 Å². The van der Waals surface area contributed by atoms with Crippen LogP contribution >= 0.6 is 0 Å². The standard InChI is InChI=1S/C30H20N2O4/c1-3-19-5-9-21(10-6-19)29(35)31-25-17-23(13-15-27(25)33)24-14-16-28(34)26(18-24)32-30(36)22-11-7-20(4-2)8-12-22/h1-2,5-18,33-34H,(H,31,35)(H,32,36). The summed E-state index contributed by atoms with van der Waals surface area (Å²) in [6.07, 6.45) is 10.7. The lowest BCUT2D eigenvalue weighted by Crippen LogP contribution is -2.12. The second-order valence-corrected chi connectivity index (χ2v) is 7.82. The molecular weight excluding hydrogens is 452 g/mol. The predicted octanol–water partition coefficient (Wildman–Crippen LogP) is 5.23. The Labute approximate surface area is 208 Å². The number of terminal acetylenes is 2. The van der Waals surface area contributed by atoms with Gasteiger partial charge >= 0.3 is 0 Å². The van der Waals surface area contributed by atoms with E-state index < -0.39 is 11.8 Å². The molecule has 0 aliphatic carbocycles. The fourth-order valence-corrected chi connectivity index (χ4v) is 3.46. The van der Waals surface area contributed by atoms with E-state index in [-0.39, 0.29) is 22.9 Å². The molecule has 0 radical (unpaired) electrons. The Morgan fingerprint density at radius 3 is 1.28 bits per heavy atom. The molecule has 4 aromatic rings. The summed E-state index contributed by atoms with van der Waals surface area (Å²) in [6.45, 7) is 0. The maximum absolute atomic E-state index is 12.6. The Balaban J connectivity index is 1.57. The molecule has 4 N–H and O–H groups in total. The van der Waals surface area contributed by atoms with E-state index in [0.717, 1.165) is 0 Å². The summed E-state index contributed by atoms with van der Waals surface area (Å²) >= 11 is 0. The molecule has 0 spiro atoms. The van der Waals surface area contributed by atoms with Gasteiger partial charge in [0.25, 0.3) is 11.8 Å². The van der Waals surface area contributed by atoms with E-state index in [1.807, 2.05) is 0 Å². The zero-order valence-electron chi connectivity index (χ0n) is 18.9. The molecule has 4 rings (SSSR count). The zero-order chi connectivity index (χ0) is 25.7. The molecule has 36 heavy (non-hydrogen) atoms. The number of hydrogen-bond donors (Lipinski definition) is 4. The van der Waals surface area contributed by atoms with Crippen molar-refractivity contribution in [1.82, 2.24) is 0 Å². The van der Waals surface area contributed by atoms with Crippen LogP contribution in [0.5, 0.6) is 11.5 Å². The van der Waals surface area contributed by atoms with Gasteiger partial charge in [0.1, 0.15) is 11.5 Å². The van der Waals surface area contributed by atoms with Crippen LogP contribution in [-0.2, 0) is 0 Å². The van der Waals surface area contributed by atoms with Crippen LogP contribution in [0.2, 0.25) is 0 Å². The molecule has 0 saturated carbocycles. The monoisotopic (exact) mass is 472 g/mol. The first-order chi connectivity index (χ1) is 17.4. The highest BCUT2D eigenvalue weighted by molar-refractivity contribution is 6.06. The lowest BCUT2D eigenvalue weighted by atomic mass is 10.0. The first-order valence-electron chi connectivity index (χ1n) is 10.8. The summed E-state index contributed by atoms with van der Waals surface area (Å²) in [4.78, 5) is 25.3. The molecule has 4 aromatic carbocycles. The number of carbonyl (C=O) groups excluding carboxylic acids is 2. The number of phenolic OH excluding ortho intramolecular Hbond substituents is 2. The van der Waals surface area contributed by atoms with Gasteiger partial charge in [0, 0.05) is 22.3 Å². The average Bonchev–Trinajstić information content (AvgIpc) is 2.91. The number of anilines is 2. The maximum Gasteiger partial charge on any atom is 0.255 e. The summed E-state index contributed by atoms with van der Waals surface area (Å²) in [7, 11) is 0. The van der Waals surface area contributed by atoms with Gasteiger partial charge in [-0.25, -0.2) is 0 Å². The Bertz CT molecular complexity index is 1420.